The molecule has 4 aromatic rings. The SMILES string of the molecule is O=C(NC1CCC(n2c(=O)c3cc(F)cnc3n(-c3ccc(F)c(F)c3)c2=O)CC1)c1cc(F)ccc1O. The number of amides is 1. The molecule has 12 heteroatoms. The molecule has 1 saturated carbocycles. The van der Waals surface area contributed by atoms with E-state index >= 15 is 0 Å². The number of aromatic nitrogens is 3. The van der Waals surface area contributed by atoms with Crippen molar-refractivity contribution in [1.29, 1.82) is 0 Å². The van der Waals surface area contributed by atoms with Crippen molar-refractivity contribution in [2.24, 2.45) is 0 Å². The van der Waals surface area contributed by atoms with E-state index in [9.17, 15) is 37.1 Å². The summed E-state index contributed by atoms with van der Waals surface area (Å²) in [5, 5.41) is 12.4. The van der Waals surface area contributed by atoms with E-state index in [0.29, 0.717) is 12.8 Å². The summed E-state index contributed by atoms with van der Waals surface area (Å²) in [5.74, 6) is -4.90. The third-order valence-corrected chi connectivity index (χ3v) is 6.65. The minimum Gasteiger partial charge on any atom is -0.507 e. The summed E-state index contributed by atoms with van der Waals surface area (Å²) in [5.41, 5.74) is -2.17. The second-order valence-electron chi connectivity index (χ2n) is 9.06. The van der Waals surface area contributed by atoms with Crippen LogP contribution in [0.5, 0.6) is 5.75 Å². The van der Waals surface area contributed by atoms with Crippen LogP contribution >= 0.6 is 0 Å². The predicted molar refractivity (Wildman–Crippen MR) is 128 cm³/mol. The summed E-state index contributed by atoms with van der Waals surface area (Å²) in [4.78, 5) is 43.2. The van der Waals surface area contributed by atoms with Crippen molar-refractivity contribution in [3.05, 3.63) is 98.3 Å². The van der Waals surface area contributed by atoms with Crippen molar-refractivity contribution in [2.45, 2.75) is 37.8 Å². The molecule has 0 aliphatic heterocycles. The maximum absolute atomic E-state index is 14.0. The molecule has 1 fully saturated rings. The van der Waals surface area contributed by atoms with Crippen molar-refractivity contribution in [3.8, 4) is 11.4 Å². The molecule has 2 aromatic carbocycles. The molecule has 2 heterocycles. The molecular formula is C26H20F4N4O4. The summed E-state index contributed by atoms with van der Waals surface area (Å²) in [6.45, 7) is 0. The molecule has 0 unspecified atom stereocenters. The molecule has 1 aliphatic carbocycles. The molecule has 0 bridgehead atoms. The minimum absolute atomic E-state index is 0.0948. The highest BCUT2D eigenvalue weighted by Gasteiger charge is 2.28. The lowest BCUT2D eigenvalue weighted by atomic mass is 9.90. The normalized spacial score (nSPS) is 17.5. The number of phenols is 1. The topological polar surface area (TPSA) is 106 Å². The molecular weight excluding hydrogens is 508 g/mol. The first-order valence-corrected chi connectivity index (χ1v) is 11.7. The van der Waals surface area contributed by atoms with Gasteiger partial charge in [0.05, 0.1) is 22.8 Å². The average Bonchev–Trinajstić information content (AvgIpc) is 2.89. The highest BCUT2D eigenvalue weighted by Crippen LogP contribution is 2.28. The van der Waals surface area contributed by atoms with Crippen LogP contribution < -0.4 is 16.6 Å². The van der Waals surface area contributed by atoms with Gasteiger partial charge in [-0.15, -0.1) is 0 Å². The second kappa shape index (κ2) is 9.77. The largest absolute Gasteiger partial charge is 0.507 e. The van der Waals surface area contributed by atoms with Crippen LogP contribution in [0.25, 0.3) is 16.7 Å². The fraction of sp³-hybridized carbons (Fsp3) is 0.231. The van der Waals surface area contributed by atoms with Gasteiger partial charge in [-0.1, -0.05) is 0 Å². The summed E-state index contributed by atoms with van der Waals surface area (Å²) >= 11 is 0. The van der Waals surface area contributed by atoms with Gasteiger partial charge in [-0.2, -0.15) is 0 Å². The van der Waals surface area contributed by atoms with E-state index in [1.54, 1.807) is 0 Å². The number of carbonyl (C=O) groups is 1. The van der Waals surface area contributed by atoms with E-state index in [2.05, 4.69) is 10.3 Å². The lowest BCUT2D eigenvalue weighted by Gasteiger charge is -2.30. The molecule has 2 aromatic heterocycles. The standard InChI is InChI=1S/C26H20F4N4O4/c27-13-1-8-22(35)18(9-13)24(36)32-15-2-4-16(5-3-15)34-25(37)19-10-14(28)12-31-23(19)33(26(34)38)17-6-7-20(29)21(30)11-17/h1,6-12,15-16,35H,2-5H2,(H,32,36). The van der Waals surface area contributed by atoms with Gasteiger partial charge >= 0.3 is 5.69 Å². The van der Waals surface area contributed by atoms with Gasteiger partial charge in [-0.25, -0.2) is 31.9 Å². The Labute approximate surface area is 211 Å². The molecule has 0 saturated heterocycles. The molecule has 1 aliphatic rings. The molecule has 0 radical (unpaired) electrons. The lowest BCUT2D eigenvalue weighted by Crippen LogP contribution is -2.45. The zero-order chi connectivity index (χ0) is 27.1. The number of halogens is 4. The zero-order valence-electron chi connectivity index (χ0n) is 19.6. The maximum Gasteiger partial charge on any atom is 0.337 e. The summed E-state index contributed by atoms with van der Waals surface area (Å²) in [6.07, 6.45) is 2.01. The van der Waals surface area contributed by atoms with Crippen molar-refractivity contribution in [1.82, 2.24) is 19.4 Å². The summed E-state index contributed by atoms with van der Waals surface area (Å²) in [7, 11) is 0. The third kappa shape index (κ3) is 4.53. The van der Waals surface area contributed by atoms with Gasteiger partial charge in [-0.3, -0.25) is 14.2 Å². The van der Waals surface area contributed by atoms with Crippen molar-refractivity contribution in [3.63, 3.8) is 0 Å². The number of aromatic hydroxyl groups is 1. The number of hydrogen-bond donors (Lipinski definition) is 2. The fourth-order valence-electron chi connectivity index (χ4n) is 4.79. The zero-order valence-corrected chi connectivity index (χ0v) is 19.6. The average molecular weight is 528 g/mol. The molecule has 196 valence electrons. The fourth-order valence-corrected chi connectivity index (χ4v) is 4.79. The first-order valence-electron chi connectivity index (χ1n) is 11.7. The number of nitrogens with one attached hydrogen (secondary N) is 1. The van der Waals surface area contributed by atoms with Crippen molar-refractivity contribution in [2.75, 3.05) is 0 Å². The predicted octanol–water partition coefficient (Wildman–Crippen LogP) is 3.72. The number of benzene rings is 2. The molecule has 2 N–H and O–H groups in total. The summed E-state index contributed by atoms with van der Waals surface area (Å²) < 4.78 is 57.0. The first kappa shape index (κ1) is 25.2. The van der Waals surface area contributed by atoms with Crippen molar-refractivity contribution >= 4 is 16.9 Å². The van der Waals surface area contributed by atoms with E-state index in [0.717, 1.165) is 57.8 Å². The Kier molecular flexibility index (Phi) is 6.47. The highest BCUT2D eigenvalue weighted by molar-refractivity contribution is 5.97. The Hall–Kier alpha value is -4.48. The second-order valence-corrected chi connectivity index (χ2v) is 9.06. The number of rotatable bonds is 4. The van der Waals surface area contributed by atoms with Crippen molar-refractivity contribution < 1.29 is 27.5 Å². The van der Waals surface area contributed by atoms with Crippen LogP contribution in [-0.2, 0) is 0 Å². The van der Waals surface area contributed by atoms with Crippen LogP contribution in [0.1, 0.15) is 42.1 Å². The quantitative estimate of drug-likeness (QED) is 0.393. The molecule has 0 atom stereocenters. The van der Waals surface area contributed by atoms with Gasteiger partial charge in [-0.05, 0) is 62.1 Å². The number of fused-ring (bicyclic) bond motifs is 1. The Morgan fingerprint density at radius 3 is 2.37 bits per heavy atom. The number of pyridine rings is 1. The number of nitrogens with zero attached hydrogens (tertiary/aromatic N) is 3. The molecule has 8 nitrogen and oxygen atoms in total. The van der Waals surface area contributed by atoms with Gasteiger partial charge < -0.3 is 10.4 Å². The van der Waals surface area contributed by atoms with Gasteiger partial charge in [0.25, 0.3) is 11.5 Å². The minimum atomic E-state index is -1.22. The van der Waals surface area contributed by atoms with Gasteiger partial charge in [0, 0.05) is 18.2 Å². The van der Waals surface area contributed by atoms with E-state index in [1.807, 2.05) is 0 Å². The molecule has 1 amide bonds. The molecule has 38 heavy (non-hydrogen) atoms. The van der Waals surface area contributed by atoms with E-state index in [4.69, 9.17) is 0 Å². The van der Waals surface area contributed by atoms with Gasteiger partial charge in [0.15, 0.2) is 17.3 Å². The number of hydrogen-bond acceptors (Lipinski definition) is 5. The van der Waals surface area contributed by atoms with Crippen LogP contribution in [0, 0.1) is 23.3 Å². The highest BCUT2D eigenvalue weighted by atomic mass is 19.2. The number of phenolic OH excluding ortho intramolecular Hbond substituents is 1. The van der Waals surface area contributed by atoms with E-state index in [1.165, 1.54) is 0 Å². The van der Waals surface area contributed by atoms with Gasteiger partial charge in [0.1, 0.15) is 17.4 Å². The van der Waals surface area contributed by atoms with Crippen LogP contribution in [-0.4, -0.2) is 31.2 Å². The summed E-state index contributed by atoms with van der Waals surface area (Å²) in [6, 6.07) is 5.66. The van der Waals surface area contributed by atoms with Crippen LogP contribution in [0.15, 0.2) is 58.3 Å². The van der Waals surface area contributed by atoms with Crippen LogP contribution in [0.2, 0.25) is 0 Å². The monoisotopic (exact) mass is 528 g/mol. The van der Waals surface area contributed by atoms with Crippen LogP contribution in [0.4, 0.5) is 17.6 Å². The molecule has 0 spiro atoms. The Morgan fingerprint density at radius 1 is 0.921 bits per heavy atom. The van der Waals surface area contributed by atoms with Gasteiger partial charge in [0.2, 0.25) is 0 Å². The van der Waals surface area contributed by atoms with E-state index in [-0.39, 0.29) is 46.9 Å². The Morgan fingerprint density at radius 2 is 1.66 bits per heavy atom. The van der Waals surface area contributed by atoms with Crippen LogP contribution in [0.3, 0.4) is 0 Å². The first-order chi connectivity index (χ1) is 18.1. The number of carbonyl (C=O) groups excluding carboxylic acids is 1. The smallest absolute Gasteiger partial charge is 0.337 e. The Balaban J connectivity index is 1.47. The third-order valence-electron chi connectivity index (χ3n) is 6.65. The Bertz CT molecular complexity index is 1690. The molecule has 5 rings (SSSR count). The van der Waals surface area contributed by atoms with E-state index < -0.39 is 46.5 Å². The maximum atomic E-state index is 14.0. The lowest BCUT2D eigenvalue weighted by molar-refractivity contribution is 0.0918.